The van der Waals surface area contributed by atoms with Crippen LogP contribution in [0.4, 0.5) is 0 Å². The Kier molecular flexibility index (Phi) is 8.61. The quantitative estimate of drug-likeness (QED) is 0.617. The van der Waals surface area contributed by atoms with Crippen molar-refractivity contribution in [2.45, 2.75) is 40.7 Å². The van der Waals surface area contributed by atoms with Crippen LogP contribution in [0.15, 0.2) is 17.5 Å². The van der Waals surface area contributed by atoms with Gasteiger partial charge in [-0.25, -0.2) is 8.42 Å². The van der Waals surface area contributed by atoms with Crippen molar-refractivity contribution in [2.24, 2.45) is 5.92 Å². The first-order valence-electron chi connectivity index (χ1n) is 8.11. The molecule has 0 fully saturated rings. The molecule has 0 saturated heterocycles. The monoisotopic (exact) mass is 346 g/mol. The average Bonchev–Trinajstić information content (AvgIpc) is 2.98. The molecule has 1 rings (SSSR count). The largest absolute Gasteiger partial charge is 0.303 e. The molecule has 1 aromatic rings. The Morgan fingerprint density at radius 2 is 1.86 bits per heavy atom. The van der Waals surface area contributed by atoms with Crippen LogP contribution in [0.3, 0.4) is 0 Å². The first-order chi connectivity index (χ1) is 10.4. The molecule has 0 aliphatic heterocycles. The lowest BCUT2D eigenvalue weighted by atomic mass is 10.2. The first-order valence-corrected chi connectivity index (χ1v) is 10.6. The van der Waals surface area contributed by atoms with E-state index in [0.29, 0.717) is 25.4 Å². The predicted octanol–water partition coefficient (Wildman–Crippen LogP) is 3.27. The van der Waals surface area contributed by atoms with Gasteiger partial charge in [0.25, 0.3) is 0 Å². The van der Waals surface area contributed by atoms with Crippen molar-refractivity contribution in [1.82, 2.24) is 9.21 Å². The van der Waals surface area contributed by atoms with Gasteiger partial charge in [0.2, 0.25) is 10.0 Å². The van der Waals surface area contributed by atoms with E-state index in [4.69, 9.17) is 0 Å². The number of hydrogen-bond acceptors (Lipinski definition) is 4. The van der Waals surface area contributed by atoms with Gasteiger partial charge in [-0.2, -0.15) is 4.31 Å². The lowest BCUT2D eigenvalue weighted by molar-refractivity contribution is 0.269. The minimum Gasteiger partial charge on any atom is -0.303 e. The van der Waals surface area contributed by atoms with E-state index in [9.17, 15) is 8.42 Å². The highest BCUT2D eigenvalue weighted by Crippen LogP contribution is 2.16. The van der Waals surface area contributed by atoms with E-state index in [1.54, 1.807) is 15.6 Å². The number of nitrogens with zero attached hydrogens (tertiary/aromatic N) is 2. The third kappa shape index (κ3) is 6.77. The first kappa shape index (κ1) is 19.6. The van der Waals surface area contributed by atoms with Crippen molar-refractivity contribution in [1.29, 1.82) is 0 Å². The molecule has 0 aliphatic rings. The zero-order valence-electron chi connectivity index (χ0n) is 14.3. The Bertz CT molecular complexity index is 494. The second-order valence-corrected chi connectivity index (χ2v) is 9.06. The van der Waals surface area contributed by atoms with Crippen LogP contribution in [0, 0.1) is 5.92 Å². The van der Waals surface area contributed by atoms with Gasteiger partial charge in [-0.05, 0) is 36.9 Å². The summed E-state index contributed by atoms with van der Waals surface area (Å²) in [6.45, 7) is 12.1. The summed E-state index contributed by atoms with van der Waals surface area (Å²) in [5.74, 6) is 0.648. The Labute approximate surface area is 140 Å². The number of sulfonamides is 1. The van der Waals surface area contributed by atoms with Crippen molar-refractivity contribution in [3.05, 3.63) is 22.4 Å². The molecule has 6 heteroatoms. The van der Waals surface area contributed by atoms with Crippen molar-refractivity contribution < 1.29 is 8.42 Å². The molecule has 0 aromatic carbocycles. The van der Waals surface area contributed by atoms with E-state index in [-0.39, 0.29) is 5.75 Å². The second kappa shape index (κ2) is 9.65. The molecule has 0 atom stereocenters. The van der Waals surface area contributed by atoms with Crippen LogP contribution < -0.4 is 0 Å². The lowest BCUT2D eigenvalue weighted by Crippen LogP contribution is -2.39. The van der Waals surface area contributed by atoms with Crippen LogP contribution in [-0.4, -0.2) is 49.6 Å². The second-order valence-electron chi connectivity index (χ2n) is 5.94. The molecule has 4 nitrogen and oxygen atoms in total. The molecule has 1 heterocycles. The summed E-state index contributed by atoms with van der Waals surface area (Å²) < 4.78 is 27.0. The molecule has 0 N–H and O–H groups in total. The van der Waals surface area contributed by atoms with Crippen molar-refractivity contribution in [2.75, 3.05) is 31.9 Å². The van der Waals surface area contributed by atoms with Gasteiger partial charge in [0, 0.05) is 24.5 Å². The minimum atomic E-state index is -3.19. The van der Waals surface area contributed by atoms with Gasteiger partial charge in [0.15, 0.2) is 0 Å². The Morgan fingerprint density at radius 1 is 1.18 bits per heavy atom. The van der Waals surface area contributed by atoms with Gasteiger partial charge in [-0.1, -0.05) is 33.8 Å². The molecule has 0 aliphatic carbocycles. The number of thiophene rings is 1. The fraction of sp³-hybridized carbons (Fsp3) is 0.750. The Morgan fingerprint density at radius 3 is 2.36 bits per heavy atom. The van der Waals surface area contributed by atoms with Crippen LogP contribution in [-0.2, 0) is 16.6 Å². The van der Waals surface area contributed by atoms with E-state index >= 15 is 0 Å². The standard InChI is InChI=1S/C16H30N2O2S2/c1-5-17(6-2)10-11-18(14-16-8-7-12-21-16)22(19,20)13-9-15(3)4/h7-8,12,15H,5-6,9-11,13-14H2,1-4H3. The molecular weight excluding hydrogens is 316 g/mol. The highest BCUT2D eigenvalue weighted by molar-refractivity contribution is 7.89. The fourth-order valence-electron chi connectivity index (χ4n) is 2.20. The molecule has 0 unspecified atom stereocenters. The summed E-state index contributed by atoms with van der Waals surface area (Å²) in [4.78, 5) is 3.37. The highest BCUT2D eigenvalue weighted by Gasteiger charge is 2.23. The Balaban J connectivity index is 2.76. The van der Waals surface area contributed by atoms with E-state index in [0.717, 1.165) is 24.5 Å². The zero-order valence-corrected chi connectivity index (χ0v) is 15.9. The number of rotatable bonds is 11. The average molecular weight is 347 g/mol. The van der Waals surface area contributed by atoms with E-state index < -0.39 is 10.0 Å². The molecule has 0 spiro atoms. The summed E-state index contributed by atoms with van der Waals surface area (Å²) in [5.41, 5.74) is 0. The van der Waals surface area contributed by atoms with Gasteiger partial charge in [-0.15, -0.1) is 11.3 Å². The number of likely N-dealkylation sites (N-methyl/N-ethyl adjacent to an activating group) is 1. The highest BCUT2D eigenvalue weighted by atomic mass is 32.2. The van der Waals surface area contributed by atoms with E-state index in [1.807, 2.05) is 17.5 Å². The third-order valence-electron chi connectivity index (χ3n) is 3.82. The van der Waals surface area contributed by atoms with Crippen molar-refractivity contribution >= 4 is 21.4 Å². The van der Waals surface area contributed by atoms with Gasteiger partial charge in [0.05, 0.1) is 5.75 Å². The van der Waals surface area contributed by atoms with E-state index in [2.05, 4.69) is 32.6 Å². The predicted molar refractivity (Wildman–Crippen MR) is 95.8 cm³/mol. The lowest BCUT2D eigenvalue weighted by Gasteiger charge is -2.26. The van der Waals surface area contributed by atoms with Crippen LogP contribution >= 0.6 is 11.3 Å². The molecule has 0 bridgehead atoms. The molecule has 0 amide bonds. The van der Waals surface area contributed by atoms with Gasteiger partial charge >= 0.3 is 0 Å². The maximum Gasteiger partial charge on any atom is 0.214 e. The van der Waals surface area contributed by atoms with Crippen molar-refractivity contribution in [3.63, 3.8) is 0 Å². The van der Waals surface area contributed by atoms with E-state index in [1.165, 1.54) is 0 Å². The summed E-state index contributed by atoms with van der Waals surface area (Å²) in [6, 6.07) is 3.98. The van der Waals surface area contributed by atoms with Gasteiger partial charge in [-0.3, -0.25) is 0 Å². The Hall–Kier alpha value is -0.430. The normalized spacial score (nSPS) is 12.7. The zero-order chi connectivity index (χ0) is 16.6. The van der Waals surface area contributed by atoms with Crippen LogP contribution in [0.25, 0.3) is 0 Å². The molecule has 0 radical (unpaired) electrons. The van der Waals surface area contributed by atoms with Crippen molar-refractivity contribution in [3.8, 4) is 0 Å². The van der Waals surface area contributed by atoms with Crippen LogP contribution in [0.5, 0.6) is 0 Å². The van der Waals surface area contributed by atoms with Crippen LogP contribution in [0.2, 0.25) is 0 Å². The third-order valence-corrected chi connectivity index (χ3v) is 6.53. The minimum absolute atomic E-state index is 0.244. The maximum absolute atomic E-state index is 12.7. The summed E-state index contributed by atoms with van der Waals surface area (Å²) in [7, 11) is -3.19. The fourth-order valence-corrected chi connectivity index (χ4v) is 4.72. The van der Waals surface area contributed by atoms with Gasteiger partial charge < -0.3 is 4.90 Å². The molecule has 0 saturated carbocycles. The van der Waals surface area contributed by atoms with Crippen LogP contribution in [0.1, 0.15) is 39.0 Å². The SMILES string of the molecule is CCN(CC)CCN(Cc1cccs1)S(=O)(=O)CCC(C)C. The topological polar surface area (TPSA) is 40.6 Å². The van der Waals surface area contributed by atoms with Gasteiger partial charge in [0.1, 0.15) is 0 Å². The smallest absolute Gasteiger partial charge is 0.214 e. The summed E-state index contributed by atoms with van der Waals surface area (Å²) in [6.07, 6.45) is 0.717. The molecular formula is C16H30N2O2S2. The molecule has 128 valence electrons. The maximum atomic E-state index is 12.7. The number of hydrogen-bond donors (Lipinski definition) is 0. The molecule has 22 heavy (non-hydrogen) atoms. The summed E-state index contributed by atoms with van der Waals surface area (Å²) >= 11 is 1.62. The summed E-state index contributed by atoms with van der Waals surface area (Å²) in [5, 5.41) is 2.00. The molecule has 1 aromatic heterocycles.